The zero-order valence-corrected chi connectivity index (χ0v) is 16.7. The highest BCUT2D eigenvalue weighted by atomic mass is 32.2. The molecule has 0 spiro atoms. The summed E-state index contributed by atoms with van der Waals surface area (Å²) in [5.41, 5.74) is 1.69. The Labute approximate surface area is 161 Å². The van der Waals surface area contributed by atoms with Crippen molar-refractivity contribution in [2.24, 2.45) is 0 Å². The average Bonchev–Trinajstić information content (AvgIpc) is 2.61. The average molecular weight is 391 g/mol. The van der Waals surface area contributed by atoms with E-state index in [0.29, 0.717) is 12.0 Å². The summed E-state index contributed by atoms with van der Waals surface area (Å²) < 4.78 is 35.8. The zero-order chi connectivity index (χ0) is 19.9. The Bertz CT molecular complexity index is 844. The van der Waals surface area contributed by atoms with Crippen LogP contribution >= 0.6 is 0 Å². The van der Waals surface area contributed by atoms with Gasteiger partial charge in [0, 0.05) is 0 Å². The predicted molar refractivity (Wildman–Crippen MR) is 104 cm³/mol. The van der Waals surface area contributed by atoms with E-state index in [2.05, 4.69) is 0 Å². The van der Waals surface area contributed by atoms with Crippen LogP contribution < -0.4 is 0 Å². The fourth-order valence-corrected chi connectivity index (χ4v) is 3.98. The molecule has 0 aliphatic heterocycles. The van der Waals surface area contributed by atoms with E-state index in [0.717, 1.165) is 12.0 Å². The SMILES string of the molecule is Cc1ccccc1S(=O)(=O)O[C@H](CCCc1ccccc1)C(=O)OC(C)C. The Balaban J connectivity index is 2.12. The molecule has 0 heterocycles. The second-order valence-electron chi connectivity index (χ2n) is 6.67. The third-order valence-corrected chi connectivity index (χ3v) is 5.48. The molecule has 0 saturated carbocycles. The molecule has 0 aliphatic carbocycles. The topological polar surface area (TPSA) is 69.7 Å². The number of carbonyl (C=O) groups excluding carboxylic acids is 1. The van der Waals surface area contributed by atoms with Crippen molar-refractivity contribution in [1.82, 2.24) is 0 Å². The van der Waals surface area contributed by atoms with E-state index in [1.165, 1.54) is 6.07 Å². The number of rotatable bonds is 9. The van der Waals surface area contributed by atoms with Gasteiger partial charge in [0.05, 0.1) is 11.0 Å². The number of benzene rings is 2. The first-order valence-corrected chi connectivity index (χ1v) is 10.4. The molecule has 2 rings (SSSR count). The number of hydrogen-bond donors (Lipinski definition) is 0. The summed E-state index contributed by atoms with van der Waals surface area (Å²) in [6.45, 7) is 5.12. The summed E-state index contributed by atoms with van der Waals surface area (Å²) in [6, 6.07) is 16.3. The molecule has 0 radical (unpaired) electrons. The Morgan fingerprint density at radius 1 is 1.00 bits per heavy atom. The van der Waals surface area contributed by atoms with Crippen molar-refractivity contribution in [1.29, 1.82) is 0 Å². The summed E-state index contributed by atoms with van der Waals surface area (Å²) in [5.74, 6) is -0.657. The maximum Gasteiger partial charge on any atom is 0.337 e. The van der Waals surface area contributed by atoms with Crippen LogP contribution in [0.15, 0.2) is 59.5 Å². The highest BCUT2D eigenvalue weighted by molar-refractivity contribution is 7.86. The van der Waals surface area contributed by atoms with Crippen LogP contribution in [0.3, 0.4) is 0 Å². The normalized spacial score (nSPS) is 12.7. The Morgan fingerprint density at radius 3 is 2.26 bits per heavy atom. The lowest BCUT2D eigenvalue weighted by Crippen LogP contribution is -2.31. The molecule has 6 heteroatoms. The number of ether oxygens (including phenoxy) is 1. The highest BCUT2D eigenvalue weighted by Crippen LogP contribution is 2.21. The summed E-state index contributed by atoms with van der Waals surface area (Å²) >= 11 is 0. The van der Waals surface area contributed by atoms with E-state index in [9.17, 15) is 13.2 Å². The molecule has 1 atom stereocenters. The van der Waals surface area contributed by atoms with Crippen LogP contribution in [-0.4, -0.2) is 26.6 Å². The van der Waals surface area contributed by atoms with Crippen molar-refractivity contribution in [3.8, 4) is 0 Å². The lowest BCUT2D eigenvalue weighted by atomic mass is 10.1. The second-order valence-corrected chi connectivity index (χ2v) is 8.21. The fraction of sp³-hybridized carbons (Fsp3) is 0.381. The van der Waals surface area contributed by atoms with Crippen LogP contribution in [0.5, 0.6) is 0 Å². The van der Waals surface area contributed by atoms with E-state index in [-0.39, 0.29) is 17.4 Å². The highest BCUT2D eigenvalue weighted by Gasteiger charge is 2.29. The minimum atomic E-state index is -4.07. The predicted octanol–water partition coefficient (Wildman–Crippen LogP) is 4.04. The smallest absolute Gasteiger partial charge is 0.337 e. The zero-order valence-electron chi connectivity index (χ0n) is 15.9. The molecule has 0 fully saturated rings. The molecule has 27 heavy (non-hydrogen) atoms. The molecule has 146 valence electrons. The van der Waals surface area contributed by atoms with E-state index in [1.807, 2.05) is 30.3 Å². The molecule has 2 aromatic carbocycles. The van der Waals surface area contributed by atoms with Gasteiger partial charge in [-0.3, -0.25) is 4.18 Å². The van der Waals surface area contributed by atoms with Crippen molar-refractivity contribution >= 4 is 16.1 Å². The van der Waals surface area contributed by atoms with Gasteiger partial charge >= 0.3 is 5.97 Å². The van der Waals surface area contributed by atoms with Crippen molar-refractivity contribution in [2.75, 3.05) is 0 Å². The van der Waals surface area contributed by atoms with Crippen molar-refractivity contribution in [2.45, 2.75) is 57.1 Å². The van der Waals surface area contributed by atoms with Crippen LogP contribution in [0.25, 0.3) is 0 Å². The van der Waals surface area contributed by atoms with Gasteiger partial charge in [0.15, 0.2) is 6.10 Å². The Hall–Kier alpha value is -2.18. The van der Waals surface area contributed by atoms with Gasteiger partial charge in [0.1, 0.15) is 0 Å². The maximum atomic E-state index is 12.7. The third-order valence-electron chi connectivity index (χ3n) is 4.00. The van der Waals surface area contributed by atoms with Gasteiger partial charge < -0.3 is 4.74 Å². The Kier molecular flexibility index (Phi) is 7.56. The first-order chi connectivity index (χ1) is 12.8. The van der Waals surface area contributed by atoms with Gasteiger partial charge in [-0.2, -0.15) is 8.42 Å². The molecule has 5 nitrogen and oxygen atoms in total. The third kappa shape index (κ3) is 6.48. The van der Waals surface area contributed by atoms with Crippen molar-refractivity contribution < 1.29 is 22.1 Å². The molecular formula is C21H26O5S. The number of aryl methyl sites for hydroxylation is 2. The summed E-state index contributed by atoms with van der Waals surface area (Å²) in [5, 5.41) is 0. The van der Waals surface area contributed by atoms with Gasteiger partial charge in [-0.25, -0.2) is 4.79 Å². The minimum absolute atomic E-state index is 0.0652. The molecule has 0 aliphatic rings. The molecular weight excluding hydrogens is 364 g/mol. The van der Waals surface area contributed by atoms with E-state index < -0.39 is 22.2 Å². The summed E-state index contributed by atoms with van der Waals surface area (Å²) in [4.78, 5) is 12.4. The van der Waals surface area contributed by atoms with Crippen LogP contribution in [0.1, 0.15) is 37.8 Å². The Morgan fingerprint density at radius 2 is 1.63 bits per heavy atom. The monoisotopic (exact) mass is 390 g/mol. The molecule has 0 unspecified atom stereocenters. The van der Waals surface area contributed by atoms with Crippen molar-refractivity contribution in [3.63, 3.8) is 0 Å². The summed E-state index contributed by atoms with van der Waals surface area (Å²) in [7, 11) is -4.07. The molecule has 0 N–H and O–H groups in total. The lowest BCUT2D eigenvalue weighted by Gasteiger charge is -2.18. The van der Waals surface area contributed by atoms with Gasteiger partial charge in [-0.15, -0.1) is 0 Å². The minimum Gasteiger partial charge on any atom is -0.461 e. The number of hydrogen-bond acceptors (Lipinski definition) is 5. The number of esters is 1. The first-order valence-electron chi connectivity index (χ1n) is 9.03. The quantitative estimate of drug-likeness (QED) is 0.477. The van der Waals surface area contributed by atoms with Crippen molar-refractivity contribution in [3.05, 3.63) is 65.7 Å². The van der Waals surface area contributed by atoms with Gasteiger partial charge in [0.2, 0.25) is 0 Å². The molecule has 0 bridgehead atoms. The molecule has 0 saturated heterocycles. The van der Waals surface area contributed by atoms with Gasteiger partial charge in [-0.05, 0) is 57.2 Å². The van der Waals surface area contributed by atoms with Gasteiger partial charge in [0.25, 0.3) is 10.1 Å². The molecule has 2 aromatic rings. The van der Waals surface area contributed by atoms with Gasteiger partial charge in [-0.1, -0.05) is 48.5 Å². The maximum absolute atomic E-state index is 12.7. The molecule has 0 aromatic heterocycles. The number of carbonyl (C=O) groups is 1. The largest absolute Gasteiger partial charge is 0.461 e. The summed E-state index contributed by atoms with van der Waals surface area (Å²) in [6.07, 6.45) is 0.0659. The first kappa shape index (κ1) is 21.1. The van der Waals surface area contributed by atoms with E-state index in [4.69, 9.17) is 8.92 Å². The van der Waals surface area contributed by atoms with E-state index >= 15 is 0 Å². The lowest BCUT2D eigenvalue weighted by molar-refractivity contribution is -0.156. The van der Waals surface area contributed by atoms with Crippen LogP contribution in [0.2, 0.25) is 0 Å². The second kappa shape index (κ2) is 9.67. The fourth-order valence-electron chi connectivity index (χ4n) is 2.69. The van der Waals surface area contributed by atoms with Crippen LogP contribution in [0.4, 0.5) is 0 Å². The van der Waals surface area contributed by atoms with E-state index in [1.54, 1.807) is 39.0 Å². The van der Waals surface area contributed by atoms with Crippen LogP contribution in [0, 0.1) is 6.92 Å². The van der Waals surface area contributed by atoms with Crippen LogP contribution in [-0.2, 0) is 30.3 Å². The molecule has 0 amide bonds. The standard InChI is InChI=1S/C21H26O5S/c1-16(2)25-21(22)19(14-9-13-18-11-5-4-6-12-18)26-27(23,24)20-15-8-7-10-17(20)3/h4-8,10-12,15-16,19H,9,13-14H2,1-3H3/t19-/m1/s1.